The molecule has 2 rings (SSSR count). The number of nitrogens with zero attached hydrogens (tertiary/aromatic N) is 1. The largest absolute Gasteiger partial charge is 0.494 e. The maximum atomic E-state index is 5.96. The van der Waals surface area contributed by atoms with Gasteiger partial charge >= 0.3 is 0 Å². The Balaban J connectivity index is 1.90. The third kappa shape index (κ3) is 5.66. The van der Waals surface area contributed by atoms with E-state index in [9.17, 15) is 0 Å². The lowest BCUT2D eigenvalue weighted by atomic mass is 10.1. The molecule has 0 saturated carbocycles. The van der Waals surface area contributed by atoms with E-state index in [2.05, 4.69) is 48.4 Å². The van der Waals surface area contributed by atoms with Gasteiger partial charge in [-0.2, -0.15) is 0 Å². The first kappa shape index (κ1) is 16.9. The molecule has 2 aromatic rings. The quantitative estimate of drug-likeness (QED) is 0.632. The van der Waals surface area contributed by atoms with Gasteiger partial charge in [-0.15, -0.1) is 0 Å². The van der Waals surface area contributed by atoms with Gasteiger partial charge in [0.15, 0.2) is 5.96 Å². The van der Waals surface area contributed by atoms with Crippen molar-refractivity contribution < 1.29 is 4.74 Å². The van der Waals surface area contributed by atoms with E-state index in [0.29, 0.717) is 19.1 Å². The van der Waals surface area contributed by atoms with E-state index in [-0.39, 0.29) is 0 Å². The van der Waals surface area contributed by atoms with Gasteiger partial charge in [0, 0.05) is 12.2 Å². The Morgan fingerprint density at radius 2 is 1.87 bits per heavy atom. The van der Waals surface area contributed by atoms with Crippen molar-refractivity contribution in [2.45, 2.75) is 27.2 Å². The van der Waals surface area contributed by atoms with Gasteiger partial charge < -0.3 is 15.8 Å². The Bertz CT molecular complexity index is 660. The van der Waals surface area contributed by atoms with Crippen LogP contribution in [0.15, 0.2) is 47.5 Å². The number of benzene rings is 2. The average Bonchev–Trinajstić information content (AvgIpc) is 2.47. The van der Waals surface area contributed by atoms with Crippen LogP contribution < -0.4 is 15.8 Å². The third-order valence-electron chi connectivity index (χ3n) is 3.39. The Kier molecular flexibility index (Phi) is 6.03. The lowest BCUT2D eigenvalue weighted by Crippen LogP contribution is -2.23. The molecule has 2 aromatic carbocycles. The van der Waals surface area contributed by atoms with Crippen molar-refractivity contribution >= 4 is 11.6 Å². The Labute approximate surface area is 138 Å². The monoisotopic (exact) mass is 311 g/mol. The fourth-order valence-corrected chi connectivity index (χ4v) is 2.50. The van der Waals surface area contributed by atoms with Crippen LogP contribution >= 0.6 is 0 Å². The van der Waals surface area contributed by atoms with Crippen LogP contribution in [0.3, 0.4) is 0 Å². The van der Waals surface area contributed by atoms with Gasteiger partial charge in [0.1, 0.15) is 5.75 Å². The standard InChI is InChI=1S/C19H25N3O/c1-4-23-18-7-5-6-16(13-18)8-9-21-19(20)22-17-11-14(2)10-15(3)12-17/h5-7,10-13H,4,8-9H2,1-3H3,(H3,20,21,22). The van der Waals surface area contributed by atoms with Gasteiger partial charge in [-0.1, -0.05) is 18.2 Å². The summed E-state index contributed by atoms with van der Waals surface area (Å²) in [5, 5.41) is 3.14. The minimum atomic E-state index is 0.441. The number of aryl methyl sites for hydroxylation is 2. The molecule has 0 heterocycles. The summed E-state index contributed by atoms with van der Waals surface area (Å²) in [6.45, 7) is 7.43. The zero-order valence-corrected chi connectivity index (χ0v) is 14.1. The van der Waals surface area contributed by atoms with Gasteiger partial charge in [0.05, 0.1) is 6.61 Å². The normalized spacial score (nSPS) is 11.3. The molecule has 4 heteroatoms. The second kappa shape index (κ2) is 8.22. The van der Waals surface area contributed by atoms with Crippen LogP contribution in [0.5, 0.6) is 5.75 Å². The summed E-state index contributed by atoms with van der Waals surface area (Å²) in [4.78, 5) is 4.39. The van der Waals surface area contributed by atoms with Crippen LogP contribution in [0.4, 0.5) is 5.69 Å². The second-order valence-corrected chi connectivity index (χ2v) is 5.60. The number of nitrogens with one attached hydrogen (secondary N) is 1. The molecule has 0 aromatic heterocycles. The van der Waals surface area contributed by atoms with E-state index in [1.165, 1.54) is 16.7 Å². The maximum Gasteiger partial charge on any atom is 0.193 e. The number of ether oxygens (including phenoxy) is 1. The fourth-order valence-electron chi connectivity index (χ4n) is 2.50. The minimum Gasteiger partial charge on any atom is -0.494 e. The molecule has 0 fully saturated rings. The molecule has 23 heavy (non-hydrogen) atoms. The molecule has 0 saturated heterocycles. The molecule has 0 amide bonds. The molecule has 0 atom stereocenters. The average molecular weight is 311 g/mol. The molecule has 122 valence electrons. The summed E-state index contributed by atoms with van der Waals surface area (Å²) in [5.41, 5.74) is 10.5. The Morgan fingerprint density at radius 1 is 1.13 bits per heavy atom. The lowest BCUT2D eigenvalue weighted by Gasteiger charge is -2.08. The molecule has 4 nitrogen and oxygen atoms in total. The zero-order chi connectivity index (χ0) is 16.7. The SMILES string of the molecule is CCOc1cccc(CCN=C(N)Nc2cc(C)cc(C)c2)c1. The smallest absolute Gasteiger partial charge is 0.193 e. The highest BCUT2D eigenvalue weighted by Crippen LogP contribution is 2.14. The second-order valence-electron chi connectivity index (χ2n) is 5.60. The number of aliphatic imine (C=N–C) groups is 1. The summed E-state index contributed by atoms with van der Waals surface area (Å²) in [7, 11) is 0. The molecule has 0 bridgehead atoms. The van der Waals surface area contributed by atoms with Crippen molar-refractivity contribution in [3.05, 3.63) is 59.2 Å². The Hall–Kier alpha value is -2.49. The number of nitrogens with two attached hydrogens (primary N) is 1. The summed E-state index contributed by atoms with van der Waals surface area (Å²) in [5.74, 6) is 1.34. The Morgan fingerprint density at radius 3 is 2.57 bits per heavy atom. The van der Waals surface area contributed by atoms with Crippen molar-refractivity contribution in [1.29, 1.82) is 0 Å². The molecule has 0 unspecified atom stereocenters. The van der Waals surface area contributed by atoms with Crippen LogP contribution in [-0.2, 0) is 6.42 Å². The predicted octanol–water partition coefficient (Wildman–Crippen LogP) is 3.67. The van der Waals surface area contributed by atoms with E-state index in [0.717, 1.165) is 17.9 Å². The number of anilines is 1. The van der Waals surface area contributed by atoms with E-state index in [1.807, 2.05) is 25.1 Å². The first-order valence-corrected chi connectivity index (χ1v) is 7.94. The van der Waals surface area contributed by atoms with E-state index in [1.54, 1.807) is 0 Å². The van der Waals surface area contributed by atoms with Gasteiger partial charge in [-0.3, -0.25) is 4.99 Å². The highest BCUT2D eigenvalue weighted by atomic mass is 16.5. The fraction of sp³-hybridized carbons (Fsp3) is 0.316. The molecule has 0 aliphatic rings. The molecule has 0 aliphatic heterocycles. The van der Waals surface area contributed by atoms with Crippen LogP contribution in [0, 0.1) is 13.8 Å². The highest BCUT2D eigenvalue weighted by Gasteiger charge is 1.99. The summed E-state index contributed by atoms with van der Waals surface area (Å²) >= 11 is 0. The first-order valence-electron chi connectivity index (χ1n) is 7.94. The van der Waals surface area contributed by atoms with Gasteiger partial charge in [-0.05, 0) is 68.1 Å². The molecule has 3 N–H and O–H groups in total. The molecular weight excluding hydrogens is 286 g/mol. The molecule has 0 radical (unpaired) electrons. The van der Waals surface area contributed by atoms with Crippen LogP contribution in [0.25, 0.3) is 0 Å². The number of rotatable bonds is 6. The predicted molar refractivity (Wildman–Crippen MR) is 97.3 cm³/mol. The zero-order valence-electron chi connectivity index (χ0n) is 14.1. The van der Waals surface area contributed by atoms with E-state index < -0.39 is 0 Å². The van der Waals surface area contributed by atoms with Crippen molar-refractivity contribution in [2.24, 2.45) is 10.7 Å². The van der Waals surface area contributed by atoms with Crippen molar-refractivity contribution in [3.8, 4) is 5.75 Å². The van der Waals surface area contributed by atoms with Crippen LogP contribution in [0.1, 0.15) is 23.6 Å². The van der Waals surface area contributed by atoms with Gasteiger partial charge in [-0.25, -0.2) is 0 Å². The summed E-state index contributed by atoms with van der Waals surface area (Å²) in [6.07, 6.45) is 0.830. The lowest BCUT2D eigenvalue weighted by molar-refractivity contribution is 0.340. The molecule has 0 spiro atoms. The topological polar surface area (TPSA) is 59.6 Å². The van der Waals surface area contributed by atoms with Crippen molar-refractivity contribution in [2.75, 3.05) is 18.5 Å². The maximum absolute atomic E-state index is 5.96. The number of guanidine groups is 1. The number of hydrogen-bond acceptors (Lipinski definition) is 2. The third-order valence-corrected chi connectivity index (χ3v) is 3.39. The number of hydrogen-bond donors (Lipinski definition) is 2. The van der Waals surface area contributed by atoms with E-state index >= 15 is 0 Å². The first-order chi connectivity index (χ1) is 11.1. The minimum absolute atomic E-state index is 0.441. The molecule has 0 aliphatic carbocycles. The van der Waals surface area contributed by atoms with Crippen molar-refractivity contribution in [1.82, 2.24) is 0 Å². The summed E-state index contributed by atoms with van der Waals surface area (Å²) < 4.78 is 5.50. The highest BCUT2D eigenvalue weighted by molar-refractivity contribution is 5.92. The molecular formula is C19H25N3O. The van der Waals surface area contributed by atoms with E-state index in [4.69, 9.17) is 10.5 Å². The van der Waals surface area contributed by atoms with Gasteiger partial charge in [0.25, 0.3) is 0 Å². The van der Waals surface area contributed by atoms with Crippen molar-refractivity contribution in [3.63, 3.8) is 0 Å². The van der Waals surface area contributed by atoms with Gasteiger partial charge in [0.2, 0.25) is 0 Å². The summed E-state index contributed by atoms with van der Waals surface area (Å²) in [6, 6.07) is 14.3. The van der Waals surface area contributed by atoms with Crippen LogP contribution in [0.2, 0.25) is 0 Å². The van der Waals surface area contributed by atoms with Crippen LogP contribution in [-0.4, -0.2) is 19.1 Å².